The van der Waals surface area contributed by atoms with Gasteiger partial charge in [-0.3, -0.25) is 15.1 Å². The van der Waals surface area contributed by atoms with Crippen LogP contribution in [0.4, 0.5) is 17.2 Å². The van der Waals surface area contributed by atoms with Crippen LogP contribution in [0.15, 0.2) is 48.8 Å². The Morgan fingerprint density at radius 2 is 2.08 bits per heavy atom. The number of aromatic nitrogens is 3. The molecule has 126 valence electrons. The highest BCUT2D eigenvalue weighted by Gasteiger charge is 2.16. The average molecular weight is 358 g/mol. The Morgan fingerprint density at radius 3 is 2.76 bits per heavy atom. The zero-order valence-corrected chi connectivity index (χ0v) is 13.8. The van der Waals surface area contributed by atoms with E-state index in [0.717, 1.165) is 0 Å². The number of halogens is 1. The molecule has 9 heteroatoms. The second-order valence-corrected chi connectivity index (χ2v) is 5.29. The number of ether oxygens (including phenoxy) is 1. The molecule has 0 amide bonds. The summed E-state index contributed by atoms with van der Waals surface area (Å²) in [6.07, 6.45) is 3.24. The summed E-state index contributed by atoms with van der Waals surface area (Å²) in [5.74, 6) is 1.07. The molecule has 0 saturated carbocycles. The number of hydrogen-bond donors (Lipinski definition) is 1. The molecule has 0 saturated heterocycles. The first kappa shape index (κ1) is 16.6. The van der Waals surface area contributed by atoms with Crippen LogP contribution in [0.2, 0.25) is 5.15 Å². The number of pyridine rings is 1. The van der Waals surface area contributed by atoms with E-state index in [-0.39, 0.29) is 16.5 Å². The monoisotopic (exact) mass is 357 g/mol. The van der Waals surface area contributed by atoms with Crippen molar-refractivity contribution in [3.8, 4) is 17.1 Å². The highest BCUT2D eigenvalue weighted by molar-refractivity contribution is 6.29. The quantitative estimate of drug-likeness (QED) is 0.420. The molecule has 2 aromatic heterocycles. The van der Waals surface area contributed by atoms with Gasteiger partial charge in [0, 0.05) is 24.0 Å². The van der Waals surface area contributed by atoms with E-state index in [4.69, 9.17) is 16.3 Å². The maximum atomic E-state index is 11.3. The van der Waals surface area contributed by atoms with Crippen LogP contribution in [0.1, 0.15) is 0 Å². The molecule has 3 aromatic rings. The zero-order chi connectivity index (χ0) is 17.8. The van der Waals surface area contributed by atoms with Crippen molar-refractivity contribution in [1.82, 2.24) is 15.0 Å². The summed E-state index contributed by atoms with van der Waals surface area (Å²) in [6, 6.07) is 9.50. The highest BCUT2D eigenvalue weighted by atomic mass is 35.5. The van der Waals surface area contributed by atoms with Crippen molar-refractivity contribution in [3.05, 3.63) is 64.1 Å². The fraction of sp³-hybridized carbons (Fsp3) is 0.0625. The molecular weight excluding hydrogens is 346 g/mol. The summed E-state index contributed by atoms with van der Waals surface area (Å²) >= 11 is 6.05. The smallest absolute Gasteiger partial charge is 0.296 e. The fourth-order valence-electron chi connectivity index (χ4n) is 2.14. The molecule has 0 atom stereocenters. The van der Waals surface area contributed by atoms with Gasteiger partial charge in [-0.25, -0.2) is 9.97 Å². The molecule has 0 radical (unpaired) electrons. The van der Waals surface area contributed by atoms with E-state index < -0.39 is 4.92 Å². The third kappa shape index (κ3) is 3.81. The Hall–Kier alpha value is -3.26. The number of nitro groups is 1. The molecular formula is C16H12ClN5O3. The van der Waals surface area contributed by atoms with Gasteiger partial charge in [0.25, 0.3) is 5.69 Å². The van der Waals surface area contributed by atoms with Gasteiger partial charge in [0.15, 0.2) is 5.82 Å². The van der Waals surface area contributed by atoms with Gasteiger partial charge >= 0.3 is 0 Å². The lowest BCUT2D eigenvalue weighted by atomic mass is 10.2. The first-order valence-electron chi connectivity index (χ1n) is 7.11. The Bertz CT molecular complexity index is 921. The van der Waals surface area contributed by atoms with Crippen LogP contribution < -0.4 is 10.1 Å². The van der Waals surface area contributed by atoms with Gasteiger partial charge in [-0.1, -0.05) is 11.6 Å². The third-order valence-corrected chi connectivity index (χ3v) is 3.47. The molecule has 8 nitrogen and oxygen atoms in total. The Morgan fingerprint density at radius 1 is 1.24 bits per heavy atom. The third-order valence-electron chi connectivity index (χ3n) is 3.28. The predicted octanol–water partition coefficient (Wildman–Crippen LogP) is 3.85. The summed E-state index contributed by atoms with van der Waals surface area (Å²) in [7, 11) is 1.44. The minimum Gasteiger partial charge on any atom is -0.496 e. The van der Waals surface area contributed by atoms with Crippen LogP contribution in [-0.2, 0) is 0 Å². The van der Waals surface area contributed by atoms with Crippen LogP contribution >= 0.6 is 11.6 Å². The van der Waals surface area contributed by atoms with Crippen molar-refractivity contribution >= 4 is 28.8 Å². The molecule has 2 heterocycles. The lowest BCUT2D eigenvalue weighted by Gasteiger charge is -2.09. The van der Waals surface area contributed by atoms with Crippen LogP contribution in [0.5, 0.6) is 5.75 Å². The molecule has 0 aliphatic rings. The predicted molar refractivity (Wildman–Crippen MR) is 93.2 cm³/mol. The van der Waals surface area contributed by atoms with E-state index in [0.29, 0.717) is 23.0 Å². The van der Waals surface area contributed by atoms with E-state index >= 15 is 0 Å². The lowest BCUT2D eigenvalue weighted by molar-refractivity contribution is -0.384. The molecule has 0 aliphatic carbocycles. The van der Waals surface area contributed by atoms with Crippen LogP contribution in [-0.4, -0.2) is 27.0 Å². The molecule has 1 N–H and O–H groups in total. The van der Waals surface area contributed by atoms with Crippen LogP contribution in [0.25, 0.3) is 11.4 Å². The van der Waals surface area contributed by atoms with Crippen LogP contribution in [0.3, 0.4) is 0 Å². The lowest BCUT2D eigenvalue weighted by Crippen LogP contribution is -2.01. The maximum absolute atomic E-state index is 11.3. The van der Waals surface area contributed by atoms with Crippen LogP contribution in [0, 0.1) is 10.1 Å². The number of nitrogens with one attached hydrogen (secondary N) is 1. The second kappa shape index (κ2) is 7.10. The molecule has 0 aliphatic heterocycles. The van der Waals surface area contributed by atoms with E-state index in [1.54, 1.807) is 30.6 Å². The number of rotatable bonds is 5. The van der Waals surface area contributed by atoms with E-state index in [1.165, 1.54) is 25.3 Å². The van der Waals surface area contributed by atoms with Crippen molar-refractivity contribution in [2.45, 2.75) is 0 Å². The Balaban J connectivity index is 1.99. The minimum absolute atomic E-state index is 0.142. The maximum Gasteiger partial charge on any atom is 0.296 e. The van der Waals surface area contributed by atoms with Crippen molar-refractivity contribution in [2.75, 3.05) is 12.4 Å². The summed E-state index contributed by atoms with van der Waals surface area (Å²) in [5.41, 5.74) is 0.798. The largest absolute Gasteiger partial charge is 0.496 e. The topological polar surface area (TPSA) is 103 Å². The van der Waals surface area contributed by atoms with Gasteiger partial charge in [-0.15, -0.1) is 0 Å². The fourth-order valence-corrected chi connectivity index (χ4v) is 2.32. The summed E-state index contributed by atoms with van der Waals surface area (Å²) in [6.45, 7) is 0. The standard InChI is InChI=1S/C16H12ClN5O3/c1-25-11-4-5-12(13(7-11)22(23)24)19-15-8-14(17)20-16(21-15)10-3-2-6-18-9-10/h2-9H,1H3,(H,19,20,21). The van der Waals surface area contributed by atoms with Gasteiger partial charge in [-0.05, 0) is 24.3 Å². The van der Waals surface area contributed by atoms with Gasteiger partial charge in [0.1, 0.15) is 22.4 Å². The van der Waals surface area contributed by atoms with Gasteiger partial charge in [-0.2, -0.15) is 0 Å². The first-order valence-corrected chi connectivity index (χ1v) is 7.49. The van der Waals surface area contributed by atoms with Crippen molar-refractivity contribution in [1.29, 1.82) is 0 Å². The van der Waals surface area contributed by atoms with Crippen molar-refractivity contribution in [3.63, 3.8) is 0 Å². The molecule has 25 heavy (non-hydrogen) atoms. The number of nitro benzene ring substituents is 1. The first-order chi connectivity index (χ1) is 12.1. The molecule has 0 fully saturated rings. The Labute approximate surface area is 147 Å². The molecule has 1 aromatic carbocycles. The van der Waals surface area contributed by atoms with Gasteiger partial charge in [0.05, 0.1) is 18.1 Å². The normalized spacial score (nSPS) is 10.3. The average Bonchev–Trinajstić information content (AvgIpc) is 2.62. The van der Waals surface area contributed by atoms with E-state index in [9.17, 15) is 10.1 Å². The van der Waals surface area contributed by atoms with Gasteiger partial charge < -0.3 is 10.1 Å². The number of nitrogens with zero attached hydrogens (tertiary/aromatic N) is 4. The van der Waals surface area contributed by atoms with Crippen molar-refractivity contribution in [2.24, 2.45) is 0 Å². The number of benzene rings is 1. The second-order valence-electron chi connectivity index (χ2n) is 4.91. The highest BCUT2D eigenvalue weighted by Crippen LogP contribution is 2.31. The van der Waals surface area contributed by atoms with Gasteiger partial charge in [0.2, 0.25) is 0 Å². The summed E-state index contributed by atoms with van der Waals surface area (Å²) in [5, 5.41) is 14.4. The molecule has 0 spiro atoms. The van der Waals surface area contributed by atoms with E-state index in [1.807, 2.05) is 0 Å². The SMILES string of the molecule is COc1ccc(Nc2cc(Cl)nc(-c3cccnc3)n2)c([N+](=O)[O-])c1. The molecule has 0 unspecified atom stereocenters. The van der Waals surface area contributed by atoms with E-state index in [2.05, 4.69) is 20.3 Å². The summed E-state index contributed by atoms with van der Waals surface area (Å²) in [4.78, 5) is 23.3. The zero-order valence-electron chi connectivity index (χ0n) is 13.0. The summed E-state index contributed by atoms with van der Waals surface area (Å²) < 4.78 is 5.02. The number of hydrogen-bond acceptors (Lipinski definition) is 7. The molecule has 0 bridgehead atoms. The minimum atomic E-state index is -0.504. The number of methoxy groups -OCH3 is 1. The van der Waals surface area contributed by atoms with Crippen molar-refractivity contribution < 1.29 is 9.66 Å². The number of anilines is 2. The molecule has 3 rings (SSSR count). The Kier molecular flexibility index (Phi) is 4.71.